The van der Waals surface area contributed by atoms with E-state index in [0.717, 1.165) is 24.2 Å². The maximum atomic E-state index is 13.3. The first-order valence-corrected chi connectivity index (χ1v) is 11.4. The van der Waals surface area contributed by atoms with Crippen LogP contribution in [0.5, 0.6) is 0 Å². The number of amides is 1. The highest BCUT2D eigenvalue weighted by Crippen LogP contribution is 2.39. The van der Waals surface area contributed by atoms with Gasteiger partial charge in [0.2, 0.25) is 0 Å². The van der Waals surface area contributed by atoms with Crippen molar-refractivity contribution in [1.82, 2.24) is 24.2 Å². The molecule has 0 aliphatic carbocycles. The zero-order valence-electron chi connectivity index (χ0n) is 19.3. The smallest absolute Gasteiger partial charge is 0.295 e. The molecule has 5 rings (SSSR count). The van der Waals surface area contributed by atoms with E-state index in [1.807, 2.05) is 19.1 Å². The van der Waals surface area contributed by atoms with E-state index in [1.54, 1.807) is 46.9 Å². The number of likely N-dealkylation sites (tertiary alicyclic amines) is 1. The minimum absolute atomic E-state index is 0.0737. The fraction of sp³-hybridized carbons (Fsp3) is 0.360. The number of carbonyl (C=O) groups excluding carboxylic acids is 2. The number of imidazole rings is 1. The van der Waals surface area contributed by atoms with Gasteiger partial charge in [-0.25, -0.2) is 4.98 Å². The molecule has 0 aromatic carbocycles. The number of ether oxygens (including phenoxy) is 1. The number of carbonyl (C=O) groups is 2. The lowest BCUT2D eigenvalue weighted by atomic mass is 9.97. The molecule has 0 spiro atoms. The number of morpholine rings is 1. The van der Waals surface area contributed by atoms with E-state index in [1.165, 1.54) is 0 Å². The van der Waals surface area contributed by atoms with Gasteiger partial charge in [-0.3, -0.25) is 23.9 Å². The quantitative estimate of drug-likeness (QED) is 0.353. The van der Waals surface area contributed by atoms with Crippen LogP contribution >= 0.6 is 0 Å². The Morgan fingerprint density at radius 2 is 1.85 bits per heavy atom. The monoisotopic (exact) mass is 461 g/mol. The second kappa shape index (κ2) is 9.00. The highest BCUT2D eigenvalue weighted by molar-refractivity contribution is 6.46. The molecular weight excluding hydrogens is 434 g/mol. The van der Waals surface area contributed by atoms with Crippen LogP contribution in [0.25, 0.3) is 11.4 Å². The van der Waals surface area contributed by atoms with E-state index in [0.29, 0.717) is 43.3 Å². The molecule has 1 N–H and O–H groups in total. The molecule has 2 aliphatic rings. The van der Waals surface area contributed by atoms with Crippen molar-refractivity contribution in [3.05, 3.63) is 70.9 Å². The molecule has 2 fully saturated rings. The molecule has 34 heavy (non-hydrogen) atoms. The average Bonchev–Trinajstić information content (AvgIpc) is 3.33. The minimum Gasteiger partial charge on any atom is -0.505 e. The number of pyridine rings is 2. The first-order chi connectivity index (χ1) is 16.5. The van der Waals surface area contributed by atoms with Crippen LogP contribution in [0.2, 0.25) is 0 Å². The normalized spacial score (nSPS) is 21.0. The van der Waals surface area contributed by atoms with Gasteiger partial charge in [-0.15, -0.1) is 0 Å². The lowest BCUT2D eigenvalue weighted by molar-refractivity contribution is -0.140. The summed E-state index contributed by atoms with van der Waals surface area (Å²) in [6.07, 6.45) is 5.05. The molecule has 3 aromatic heterocycles. The number of nitrogens with zero attached hydrogens (tertiary/aromatic N) is 5. The van der Waals surface area contributed by atoms with Crippen LogP contribution in [0.4, 0.5) is 0 Å². The van der Waals surface area contributed by atoms with Gasteiger partial charge in [-0.1, -0.05) is 6.07 Å². The highest BCUT2D eigenvalue weighted by atomic mass is 16.5. The Bertz CT molecular complexity index is 1280. The van der Waals surface area contributed by atoms with Gasteiger partial charge in [-0.05, 0) is 43.2 Å². The molecule has 3 aromatic rings. The third kappa shape index (κ3) is 3.76. The third-order valence-corrected chi connectivity index (χ3v) is 6.57. The number of aryl methyl sites for hydroxylation is 2. The molecule has 2 aliphatic heterocycles. The predicted octanol–water partition coefficient (Wildman–Crippen LogP) is 2.10. The van der Waals surface area contributed by atoms with Crippen molar-refractivity contribution < 1.29 is 19.4 Å². The summed E-state index contributed by atoms with van der Waals surface area (Å²) < 4.78 is 7.18. The van der Waals surface area contributed by atoms with Crippen molar-refractivity contribution in [2.45, 2.75) is 19.9 Å². The van der Waals surface area contributed by atoms with Crippen molar-refractivity contribution in [2.24, 2.45) is 0 Å². The first-order valence-electron chi connectivity index (χ1n) is 11.4. The molecule has 1 amide bonds. The largest absolute Gasteiger partial charge is 0.505 e. The van der Waals surface area contributed by atoms with Crippen LogP contribution in [0.15, 0.2) is 48.4 Å². The number of hydrogen-bond donors (Lipinski definition) is 1. The van der Waals surface area contributed by atoms with E-state index in [-0.39, 0.29) is 11.3 Å². The van der Waals surface area contributed by atoms with E-state index >= 15 is 0 Å². The van der Waals surface area contributed by atoms with E-state index < -0.39 is 17.7 Å². The number of aliphatic hydroxyl groups excluding tert-OH is 1. The molecule has 176 valence electrons. The Morgan fingerprint density at radius 3 is 2.59 bits per heavy atom. The van der Waals surface area contributed by atoms with Gasteiger partial charge in [0.25, 0.3) is 11.7 Å². The Balaban J connectivity index is 1.61. The van der Waals surface area contributed by atoms with E-state index in [4.69, 9.17) is 4.74 Å². The molecule has 9 nitrogen and oxygen atoms in total. The van der Waals surface area contributed by atoms with E-state index in [9.17, 15) is 14.7 Å². The summed E-state index contributed by atoms with van der Waals surface area (Å²) in [5.74, 6) is -1.52. The summed E-state index contributed by atoms with van der Waals surface area (Å²) in [6, 6.07) is 6.64. The third-order valence-electron chi connectivity index (χ3n) is 6.57. The fourth-order valence-corrected chi connectivity index (χ4v) is 4.81. The first kappa shape index (κ1) is 22.2. The van der Waals surface area contributed by atoms with Gasteiger partial charge in [0.15, 0.2) is 5.76 Å². The molecule has 5 heterocycles. The van der Waals surface area contributed by atoms with Crippen LogP contribution < -0.4 is 0 Å². The van der Waals surface area contributed by atoms with Gasteiger partial charge in [0.1, 0.15) is 11.3 Å². The second-order valence-corrected chi connectivity index (χ2v) is 8.66. The van der Waals surface area contributed by atoms with Crippen LogP contribution in [0.1, 0.15) is 28.6 Å². The Hall–Kier alpha value is -3.56. The van der Waals surface area contributed by atoms with Crippen molar-refractivity contribution in [3.8, 4) is 0 Å². The SMILES string of the molecule is Cc1nc2c(C)cccn2c1C(O)=C1C(=O)C(=O)N(CCN2CCOCC2)[C@H]1c1ccncc1. The van der Waals surface area contributed by atoms with Gasteiger partial charge >= 0.3 is 0 Å². The number of rotatable bonds is 5. The lowest BCUT2D eigenvalue weighted by Gasteiger charge is -2.30. The maximum Gasteiger partial charge on any atom is 0.295 e. The van der Waals surface area contributed by atoms with Crippen LogP contribution in [-0.4, -0.2) is 80.4 Å². The standard InChI is InChI=1S/C25H27N5O4/c1-16-4-3-9-29-20(17(2)27-24(16)29)22(31)19-21(18-5-7-26-8-6-18)30(25(33)23(19)32)11-10-28-12-14-34-15-13-28/h3-9,21,31H,10-15H2,1-2H3/t21-/m0/s1. The molecule has 2 saturated heterocycles. The number of Topliss-reactive ketones (excluding diaryl/α,β-unsaturated/α-hetero) is 1. The molecule has 0 bridgehead atoms. The summed E-state index contributed by atoms with van der Waals surface area (Å²) in [4.78, 5) is 39.0. The Morgan fingerprint density at radius 1 is 1.12 bits per heavy atom. The van der Waals surface area contributed by atoms with Crippen LogP contribution in [-0.2, 0) is 14.3 Å². The molecule has 1 atom stereocenters. The van der Waals surface area contributed by atoms with E-state index in [2.05, 4.69) is 14.9 Å². The summed E-state index contributed by atoms with van der Waals surface area (Å²) in [6.45, 7) is 7.57. The summed E-state index contributed by atoms with van der Waals surface area (Å²) in [5, 5.41) is 11.5. The van der Waals surface area contributed by atoms with Crippen molar-refractivity contribution >= 4 is 23.1 Å². The van der Waals surface area contributed by atoms with Crippen molar-refractivity contribution in [2.75, 3.05) is 39.4 Å². The number of aliphatic hydroxyl groups is 1. The van der Waals surface area contributed by atoms with Crippen LogP contribution in [0, 0.1) is 13.8 Å². The fourth-order valence-electron chi connectivity index (χ4n) is 4.81. The second-order valence-electron chi connectivity index (χ2n) is 8.66. The van der Waals surface area contributed by atoms with Gasteiger partial charge in [0.05, 0.1) is 30.5 Å². The topological polar surface area (TPSA) is 100 Å². The molecule has 0 radical (unpaired) electrons. The highest BCUT2D eigenvalue weighted by Gasteiger charge is 2.46. The van der Waals surface area contributed by atoms with Gasteiger partial charge in [-0.2, -0.15) is 0 Å². The number of hydrogen-bond acceptors (Lipinski definition) is 7. The average molecular weight is 462 g/mol. The zero-order chi connectivity index (χ0) is 23.8. The molecule has 9 heteroatoms. The predicted molar refractivity (Wildman–Crippen MR) is 125 cm³/mol. The summed E-state index contributed by atoms with van der Waals surface area (Å²) in [7, 11) is 0. The molecular formula is C25H27N5O4. The summed E-state index contributed by atoms with van der Waals surface area (Å²) >= 11 is 0. The minimum atomic E-state index is -0.709. The summed E-state index contributed by atoms with van der Waals surface area (Å²) in [5.41, 5.74) is 3.44. The Kier molecular flexibility index (Phi) is 5.89. The molecule has 0 unspecified atom stereocenters. The Labute approximate surface area is 197 Å². The van der Waals surface area contributed by atoms with Gasteiger partial charge < -0.3 is 14.7 Å². The molecule has 0 saturated carbocycles. The maximum absolute atomic E-state index is 13.3. The lowest BCUT2D eigenvalue weighted by Crippen LogP contribution is -2.42. The van der Waals surface area contributed by atoms with Crippen LogP contribution in [0.3, 0.4) is 0 Å². The van der Waals surface area contributed by atoms with Crippen molar-refractivity contribution in [3.63, 3.8) is 0 Å². The number of fused-ring (bicyclic) bond motifs is 1. The van der Waals surface area contributed by atoms with Crippen molar-refractivity contribution in [1.29, 1.82) is 0 Å². The number of ketones is 1. The number of aromatic nitrogens is 3. The van der Waals surface area contributed by atoms with Gasteiger partial charge in [0, 0.05) is 44.8 Å². The zero-order valence-corrected chi connectivity index (χ0v) is 19.3.